The second kappa shape index (κ2) is 6.91. The van der Waals surface area contributed by atoms with E-state index in [1.54, 1.807) is 11.8 Å². The Balaban J connectivity index is 1.98. The number of carbonyl (C=O) groups is 2. The molecule has 122 valence electrons. The molecule has 2 heterocycles. The number of aryl methyl sites for hydroxylation is 1. The number of β-amino-alcohol motifs (C(OH)–C–C–N with tert-alkyl or cyclic N) is 1. The molecule has 2 rings (SSSR count). The van der Waals surface area contributed by atoms with Crippen LogP contribution in [0.2, 0.25) is 0 Å². The van der Waals surface area contributed by atoms with Crippen LogP contribution in [-0.4, -0.2) is 52.0 Å². The van der Waals surface area contributed by atoms with Crippen LogP contribution in [0.4, 0.5) is 0 Å². The highest BCUT2D eigenvalue weighted by molar-refractivity contribution is 5.92. The van der Waals surface area contributed by atoms with E-state index in [0.29, 0.717) is 31.6 Å². The first-order chi connectivity index (χ1) is 10.4. The van der Waals surface area contributed by atoms with E-state index >= 15 is 0 Å². The highest BCUT2D eigenvalue weighted by atomic mass is 16.3. The predicted molar refractivity (Wildman–Crippen MR) is 79.2 cm³/mol. The Labute approximate surface area is 129 Å². The van der Waals surface area contributed by atoms with Crippen LogP contribution in [0.25, 0.3) is 0 Å². The number of oxazole rings is 1. The third-order valence-electron chi connectivity index (χ3n) is 3.65. The standard InChI is InChI=1S/C15H23N3O4/c1-9(2)4-13(20)18-6-11(5-12(19)7-18)17-15(21)14-10(3)16-8-22-14/h8-9,11-12,19H,4-7H2,1-3H3,(H,17,21)/t11-,12+/m0/s1. The highest BCUT2D eigenvalue weighted by Crippen LogP contribution is 2.15. The smallest absolute Gasteiger partial charge is 0.289 e. The highest BCUT2D eigenvalue weighted by Gasteiger charge is 2.30. The second-order valence-electron chi connectivity index (χ2n) is 6.22. The number of nitrogens with one attached hydrogen (secondary N) is 1. The molecular formula is C15H23N3O4. The average molecular weight is 309 g/mol. The summed E-state index contributed by atoms with van der Waals surface area (Å²) in [7, 11) is 0. The Kier molecular flexibility index (Phi) is 5.18. The third-order valence-corrected chi connectivity index (χ3v) is 3.65. The van der Waals surface area contributed by atoms with E-state index in [4.69, 9.17) is 4.42 Å². The normalized spacial score (nSPS) is 22.0. The van der Waals surface area contributed by atoms with Crippen molar-refractivity contribution >= 4 is 11.8 Å². The number of aliphatic hydroxyl groups excluding tert-OH is 1. The minimum atomic E-state index is -0.633. The molecule has 0 aromatic carbocycles. The van der Waals surface area contributed by atoms with Crippen LogP contribution in [0.3, 0.4) is 0 Å². The summed E-state index contributed by atoms with van der Waals surface area (Å²) < 4.78 is 5.06. The molecule has 1 saturated heterocycles. The quantitative estimate of drug-likeness (QED) is 0.854. The zero-order chi connectivity index (χ0) is 16.3. The zero-order valence-corrected chi connectivity index (χ0v) is 13.2. The van der Waals surface area contributed by atoms with Gasteiger partial charge in [-0.3, -0.25) is 9.59 Å². The van der Waals surface area contributed by atoms with Crippen LogP contribution in [0.5, 0.6) is 0 Å². The summed E-state index contributed by atoms with van der Waals surface area (Å²) in [6.07, 6.45) is 1.45. The van der Waals surface area contributed by atoms with Crippen molar-refractivity contribution in [3.8, 4) is 0 Å². The summed E-state index contributed by atoms with van der Waals surface area (Å²) in [5.74, 6) is 0.0609. The lowest BCUT2D eigenvalue weighted by Crippen LogP contribution is -2.54. The molecule has 0 unspecified atom stereocenters. The maximum absolute atomic E-state index is 12.1. The number of amides is 2. The van der Waals surface area contributed by atoms with Crippen LogP contribution in [0.1, 0.15) is 42.9 Å². The monoisotopic (exact) mass is 309 g/mol. The Morgan fingerprint density at radius 3 is 2.82 bits per heavy atom. The molecule has 1 aliphatic rings. The Morgan fingerprint density at radius 2 is 2.23 bits per heavy atom. The molecule has 2 N–H and O–H groups in total. The average Bonchev–Trinajstić information content (AvgIpc) is 2.83. The minimum absolute atomic E-state index is 0.00356. The number of carbonyl (C=O) groups excluding carboxylic acids is 2. The molecule has 7 nitrogen and oxygen atoms in total. The number of nitrogens with zero attached hydrogens (tertiary/aromatic N) is 2. The lowest BCUT2D eigenvalue weighted by Gasteiger charge is -2.36. The first-order valence-electron chi connectivity index (χ1n) is 7.53. The molecule has 0 saturated carbocycles. The van der Waals surface area contributed by atoms with Crippen LogP contribution >= 0.6 is 0 Å². The molecule has 22 heavy (non-hydrogen) atoms. The van der Waals surface area contributed by atoms with Gasteiger partial charge in [-0.15, -0.1) is 0 Å². The Hall–Kier alpha value is -1.89. The van der Waals surface area contributed by atoms with Crippen LogP contribution < -0.4 is 5.32 Å². The summed E-state index contributed by atoms with van der Waals surface area (Å²) in [6.45, 7) is 6.36. The molecule has 0 radical (unpaired) electrons. The second-order valence-corrected chi connectivity index (χ2v) is 6.22. The van der Waals surface area contributed by atoms with Crippen LogP contribution in [-0.2, 0) is 4.79 Å². The van der Waals surface area contributed by atoms with Crippen molar-refractivity contribution in [2.45, 2.75) is 45.8 Å². The Bertz CT molecular complexity index is 541. The first-order valence-corrected chi connectivity index (χ1v) is 7.53. The Morgan fingerprint density at radius 1 is 1.50 bits per heavy atom. The van der Waals surface area contributed by atoms with E-state index in [2.05, 4.69) is 10.3 Å². The van der Waals surface area contributed by atoms with E-state index in [-0.39, 0.29) is 29.5 Å². The fraction of sp³-hybridized carbons (Fsp3) is 0.667. The summed E-state index contributed by atoms with van der Waals surface area (Å²) in [5, 5.41) is 12.8. The van der Waals surface area contributed by atoms with Crippen molar-refractivity contribution in [2.75, 3.05) is 13.1 Å². The zero-order valence-electron chi connectivity index (χ0n) is 13.2. The van der Waals surface area contributed by atoms with Crippen molar-refractivity contribution < 1.29 is 19.1 Å². The van der Waals surface area contributed by atoms with Gasteiger partial charge >= 0.3 is 0 Å². The van der Waals surface area contributed by atoms with E-state index in [1.807, 2.05) is 13.8 Å². The molecule has 0 bridgehead atoms. The number of rotatable bonds is 4. The van der Waals surface area contributed by atoms with Gasteiger partial charge in [0.15, 0.2) is 6.39 Å². The molecular weight excluding hydrogens is 286 g/mol. The van der Waals surface area contributed by atoms with Crippen molar-refractivity contribution in [3.05, 3.63) is 17.8 Å². The maximum Gasteiger partial charge on any atom is 0.289 e. The molecule has 1 aromatic heterocycles. The summed E-state index contributed by atoms with van der Waals surface area (Å²) in [6, 6.07) is -0.295. The number of hydrogen-bond donors (Lipinski definition) is 2. The van der Waals surface area contributed by atoms with Crippen molar-refractivity contribution in [1.82, 2.24) is 15.2 Å². The van der Waals surface area contributed by atoms with Crippen molar-refractivity contribution in [2.24, 2.45) is 5.92 Å². The van der Waals surface area contributed by atoms with Gasteiger partial charge in [-0.1, -0.05) is 13.8 Å². The lowest BCUT2D eigenvalue weighted by molar-refractivity contribution is -0.135. The largest absolute Gasteiger partial charge is 0.438 e. The van der Waals surface area contributed by atoms with Gasteiger partial charge in [-0.2, -0.15) is 0 Å². The first kappa shape index (κ1) is 16.5. The summed E-state index contributed by atoms with van der Waals surface area (Å²) >= 11 is 0. The van der Waals surface area contributed by atoms with Crippen LogP contribution in [0, 0.1) is 12.8 Å². The molecule has 2 amide bonds. The van der Waals surface area contributed by atoms with Crippen molar-refractivity contribution in [3.63, 3.8) is 0 Å². The van der Waals surface area contributed by atoms with Gasteiger partial charge in [-0.25, -0.2) is 4.98 Å². The maximum atomic E-state index is 12.1. The molecule has 0 aliphatic carbocycles. The molecule has 0 spiro atoms. The summed E-state index contributed by atoms with van der Waals surface area (Å²) in [5.41, 5.74) is 0.515. The van der Waals surface area contributed by atoms with Gasteiger partial charge in [0.05, 0.1) is 11.8 Å². The molecule has 1 aliphatic heterocycles. The minimum Gasteiger partial charge on any atom is -0.438 e. The van der Waals surface area contributed by atoms with E-state index in [1.165, 1.54) is 6.39 Å². The fourth-order valence-electron chi connectivity index (χ4n) is 2.63. The van der Waals surface area contributed by atoms with E-state index in [0.717, 1.165) is 0 Å². The van der Waals surface area contributed by atoms with E-state index in [9.17, 15) is 14.7 Å². The molecule has 7 heteroatoms. The van der Waals surface area contributed by atoms with Gasteiger partial charge in [0.1, 0.15) is 0 Å². The summed E-state index contributed by atoms with van der Waals surface area (Å²) in [4.78, 5) is 29.8. The third kappa shape index (κ3) is 4.07. The van der Waals surface area contributed by atoms with Crippen molar-refractivity contribution in [1.29, 1.82) is 0 Å². The van der Waals surface area contributed by atoms with Gasteiger partial charge in [0.2, 0.25) is 11.7 Å². The number of likely N-dealkylation sites (tertiary alicyclic amines) is 1. The number of aliphatic hydroxyl groups is 1. The van der Waals surface area contributed by atoms with Gasteiger partial charge in [0.25, 0.3) is 5.91 Å². The lowest BCUT2D eigenvalue weighted by atomic mass is 10.0. The van der Waals surface area contributed by atoms with E-state index < -0.39 is 6.10 Å². The van der Waals surface area contributed by atoms with Gasteiger partial charge < -0.3 is 19.7 Å². The predicted octanol–water partition coefficient (Wildman–Crippen LogP) is 0.721. The number of hydrogen-bond acceptors (Lipinski definition) is 5. The fourth-order valence-corrected chi connectivity index (χ4v) is 2.63. The van der Waals surface area contributed by atoms with Gasteiger partial charge in [-0.05, 0) is 19.3 Å². The number of aromatic nitrogens is 1. The SMILES string of the molecule is Cc1ncoc1C(=O)N[C@H]1C[C@@H](O)CN(C(=O)CC(C)C)C1. The molecule has 1 aromatic rings. The topological polar surface area (TPSA) is 95.7 Å². The molecule has 2 atom stereocenters. The number of piperidine rings is 1. The van der Waals surface area contributed by atoms with Crippen LogP contribution in [0.15, 0.2) is 10.8 Å². The van der Waals surface area contributed by atoms with Gasteiger partial charge in [0, 0.05) is 25.6 Å². The molecule has 1 fully saturated rings.